The Morgan fingerprint density at radius 3 is 2.88 bits per heavy atom. The van der Waals surface area contributed by atoms with Gasteiger partial charge in [0.05, 0.1) is 6.54 Å². The third kappa shape index (κ3) is 2.27. The quantitative estimate of drug-likeness (QED) is 0.785. The molecule has 1 aliphatic heterocycles. The van der Waals surface area contributed by atoms with E-state index in [-0.39, 0.29) is 24.1 Å². The molecule has 92 valence electrons. The highest BCUT2D eigenvalue weighted by molar-refractivity contribution is 5.82. The van der Waals surface area contributed by atoms with Crippen LogP contribution in [0.15, 0.2) is 6.07 Å². The zero-order valence-corrected chi connectivity index (χ0v) is 9.26. The van der Waals surface area contributed by atoms with Crippen molar-refractivity contribution in [1.82, 2.24) is 10.3 Å². The zero-order valence-electron chi connectivity index (χ0n) is 9.26. The number of rotatable bonds is 2. The van der Waals surface area contributed by atoms with Gasteiger partial charge in [0.1, 0.15) is 0 Å². The lowest BCUT2D eigenvalue weighted by Crippen LogP contribution is -2.48. The molecule has 0 unspecified atom stereocenters. The molecule has 2 rings (SSSR count). The van der Waals surface area contributed by atoms with Crippen LogP contribution in [0.2, 0.25) is 0 Å². The van der Waals surface area contributed by atoms with Gasteiger partial charge in [-0.1, -0.05) is 0 Å². The van der Waals surface area contributed by atoms with E-state index >= 15 is 0 Å². The summed E-state index contributed by atoms with van der Waals surface area (Å²) < 4.78 is 26.8. The van der Waals surface area contributed by atoms with Crippen LogP contribution in [0.3, 0.4) is 0 Å². The summed E-state index contributed by atoms with van der Waals surface area (Å²) in [7, 11) is 1.50. The molecule has 0 radical (unpaired) electrons. The van der Waals surface area contributed by atoms with E-state index in [0.717, 1.165) is 6.07 Å². The highest BCUT2D eigenvalue weighted by Gasteiger charge is 2.22. The maximum atomic E-state index is 13.6. The fourth-order valence-corrected chi connectivity index (χ4v) is 1.67. The molecule has 1 aromatic heterocycles. The van der Waals surface area contributed by atoms with E-state index in [1.54, 1.807) is 0 Å². The monoisotopic (exact) mass is 242 g/mol. The largest absolute Gasteiger partial charge is 0.371 e. The maximum absolute atomic E-state index is 13.6. The summed E-state index contributed by atoms with van der Waals surface area (Å²) in [6, 6.07) is 0.765. The van der Waals surface area contributed by atoms with Gasteiger partial charge in [-0.15, -0.1) is 0 Å². The van der Waals surface area contributed by atoms with E-state index in [4.69, 9.17) is 0 Å². The number of pyridine rings is 1. The van der Waals surface area contributed by atoms with E-state index in [1.807, 2.05) is 0 Å². The highest BCUT2D eigenvalue weighted by Crippen LogP contribution is 2.22. The molecule has 2 heterocycles. The van der Waals surface area contributed by atoms with Crippen molar-refractivity contribution in [1.29, 1.82) is 0 Å². The van der Waals surface area contributed by atoms with Gasteiger partial charge in [-0.25, -0.2) is 13.8 Å². The van der Waals surface area contributed by atoms with Crippen LogP contribution in [0.4, 0.5) is 20.4 Å². The Morgan fingerprint density at radius 1 is 1.47 bits per heavy atom. The van der Waals surface area contributed by atoms with Crippen LogP contribution in [0.25, 0.3) is 0 Å². The molecular weight excluding hydrogens is 230 g/mol. The van der Waals surface area contributed by atoms with Gasteiger partial charge in [0.2, 0.25) is 5.91 Å². The maximum Gasteiger partial charge on any atom is 0.239 e. The lowest BCUT2D eigenvalue weighted by Gasteiger charge is -2.28. The molecule has 2 N–H and O–H groups in total. The summed E-state index contributed by atoms with van der Waals surface area (Å²) in [5, 5.41) is 5.15. The van der Waals surface area contributed by atoms with Crippen LogP contribution in [-0.2, 0) is 4.79 Å². The number of nitrogens with one attached hydrogen (secondary N) is 2. The van der Waals surface area contributed by atoms with Gasteiger partial charge in [0, 0.05) is 26.2 Å². The van der Waals surface area contributed by atoms with Gasteiger partial charge in [-0.3, -0.25) is 4.79 Å². The Kier molecular flexibility index (Phi) is 3.08. The molecule has 0 spiro atoms. The molecule has 0 bridgehead atoms. The van der Waals surface area contributed by atoms with Crippen molar-refractivity contribution < 1.29 is 13.6 Å². The molecule has 17 heavy (non-hydrogen) atoms. The molecule has 7 heteroatoms. The first kappa shape index (κ1) is 11.6. The molecule has 1 aromatic rings. The van der Waals surface area contributed by atoms with Gasteiger partial charge in [-0.05, 0) is 0 Å². The second-order valence-electron chi connectivity index (χ2n) is 3.65. The van der Waals surface area contributed by atoms with Crippen LogP contribution in [-0.4, -0.2) is 37.6 Å². The number of carbonyl (C=O) groups excluding carboxylic acids is 1. The first-order chi connectivity index (χ1) is 8.11. The normalized spacial score (nSPS) is 15.7. The van der Waals surface area contributed by atoms with E-state index in [0.29, 0.717) is 13.1 Å². The second kappa shape index (κ2) is 4.52. The first-order valence-corrected chi connectivity index (χ1v) is 5.17. The molecule has 1 amide bonds. The van der Waals surface area contributed by atoms with Gasteiger partial charge >= 0.3 is 0 Å². The fraction of sp³-hybridized carbons (Fsp3) is 0.400. The number of anilines is 2. The number of carbonyl (C=O) groups is 1. The van der Waals surface area contributed by atoms with Crippen molar-refractivity contribution in [2.24, 2.45) is 0 Å². The molecule has 1 saturated heterocycles. The van der Waals surface area contributed by atoms with Crippen LogP contribution >= 0.6 is 0 Å². The Hall–Kier alpha value is -1.92. The molecule has 0 aromatic carbocycles. The first-order valence-electron chi connectivity index (χ1n) is 5.17. The summed E-state index contributed by atoms with van der Waals surface area (Å²) in [5.41, 5.74) is 0. The van der Waals surface area contributed by atoms with Crippen LogP contribution < -0.4 is 15.5 Å². The standard InChI is InChI=1S/C10H12F2N4O/c1-13-9-6(11)4-7(12)10(15-9)16-3-2-14-8(17)5-16/h4H,2-3,5H2,1H3,(H,13,15)(H,14,17). The molecule has 1 fully saturated rings. The van der Waals surface area contributed by atoms with Gasteiger partial charge in [0.25, 0.3) is 0 Å². The Morgan fingerprint density at radius 2 is 2.24 bits per heavy atom. The number of hydrogen-bond donors (Lipinski definition) is 2. The van der Waals surface area contributed by atoms with Crippen molar-refractivity contribution in [3.8, 4) is 0 Å². The number of hydrogen-bond acceptors (Lipinski definition) is 4. The van der Waals surface area contributed by atoms with E-state index in [2.05, 4.69) is 15.6 Å². The third-order valence-corrected chi connectivity index (χ3v) is 2.49. The van der Waals surface area contributed by atoms with Crippen molar-refractivity contribution in [3.05, 3.63) is 17.7 Å². The second-order valence-corrected chi connectivity index (χ2v) is 3.65. The van der Waals surface area contributed by atoms with E-state index in [1.165, 1.54) is 11.9 Å². The minimum atomic E-state index is -0.767. The van der Waals surface area contributed by atoms with Gasteiger partial charge in [-0.2, -0.15) is 0 Å². The van der Waals surface area contributed by atoms with Crippen molar-refractivity contribution in [2.75, 3.05) is 36.9 Å². The van der Waals surface area contributed by atoms with Crippen molar-refractivity contribution >= 4 is 17.5 Å². The summed E-state index contributed by atoms with van der Waals surface area (Å²) in [4.78, 5) is 16.5. The lowest BCUT2D eigenvalue weighted by molar-refractivity contribution is -0.120. The summed E-state index contributed by atoms with van der Waals surface area (Å²) >= 11 is 0. The average Bonchev–Trinajstić information content (AvgIpc) is 2.29. The SMILES string of the molecule is CNc1nc(N2CCNC(=O)C2)c(F)cc1F. The summed E-state index contributed by atoms with van der Waals surface area (Å²) in [5.74, 6) is -1.77. The third-order valence-electron chi connectivity index (χ3n) is 2.49. The molecular formula is C10H12F2N4O. The van der Waals surface area contributed by atoms with Crippen molar-refractivity contribution in [3.63, 3.8) is 0 Å². The van der Waals surface area contributed by atoms with Crippen LogP contribution in [0, 0.1) is 11.6 Å². The van der Waals surface area contributed by atoms with Gasteiger partial charge in [0.15, 0.2) is 23.3 Å². The molecule has 5 nitrogen and oxygen atoms in total. The number of nitrogens with zero attached hydrogens (tertiary/aromatic N) is 2. The summed E-state index contributed by atoms with van der Waals surface area (Å²) in [6.07, 6.45) is 0. The predicted octanol–water partition coefficient (Wildman–Crippen LogP) is 0.338. The average molecular weight is 242 g/mol. The van der Waals surface area contributed by atoms with Crippen LogP contribution in [0.1, 0.15) is 0 Å². The van der Waals surface area contributed by atoms with E-state index < -0.39 is 11.6 Å². The highest BCUT2D eigenvalue weighted by atomic mass is 19.1. The number of piperazine rings is 1. The van der Waals surface area contributed by atoms with Gasteiger partial charge < -0.3 is 15.5 Å². The predicted molar refractivity (Wildman–Crippen MR) is 58.9 cm³/mol. The zero-order chi connectivity index (χ0) is 12.4. The summed E-state index contributed by atoms with van der Waals surface area (Å²) in [6.45, 7) is 0.898. The molecule has 1 aliphatic rings. The van der Waals surface area contributed by atoms with Crippen molar-refractivity contribution in [2.45, 2.75) is 0 Å². The molecule has 0 atom stereocenters. The number of amides is 1. The Balaban J connectivity index is 2.33. The fourth-order valence-electron chi connectivity index (χ4n) is 1.67. The minimum absolute atomic E-state index is 0.00870. The van der Waals surface area contributed by atoms with Crippen LogP contribution in [0.5, 0.6) is 0 Å². The number of halogens is 2. The number of aromatic nitrogens is 1. The lowest BCUT2D eigenvalue weighted by atomic mass is 10.3. The smallest absolute Gasteiger partial charge is 0.239 e. The van der Waals surface area contributed by atoms with E-state index in [9.17, 15) is 13.6 Å². The topological polar surface area (TPSA) is 57.3 Å². The minimum Gasteiger partial charge on any atom is -0.371 e. The molecule has 0 aliphatic carbocycles. The Bertz CT molecular complexity index is 452. The Labute approximate surface area is 96.8 Å². The molecule has 0 saturated carbocycles.